The number of likely N-dealkylation sites (N-methyl/N-ethyl adjacent to an activating group) is 1. The Morgan fingerprint density at radius 3 is 2.70 bits per heavy atom. The maximum absolute atomic E-state index is 14.0. The van der Waals surface area contributed by atoms with Gasteiger partial charge in [0, 0.05) is 22.8 Å². The van der Waals surface area contributed by atoms with Gasteiger partial charge in [0.2, 0.25) is 5.91 Å². The summed E-state index contributed by atoms with van der Waals surface area (Å²) in [5.74, 6) is -0.437. The summed E-state index contributed by atoms with van der Waals surface area (Å²) in [5, 5.41) is 2.83. The highest BCUT2D eigenvalue weighted by molar-refractivity contribution is 9.10. The van der Waals surface area contributed by atoms with Gasteiger partial charge in [-0.3, -0.25) is 9.78 Å². The highest BCUT2D eigenvalue weighted by Crippen LogP contribution is 2.17. The topological polar surface area (TPSA) is 45.2 Å². The van der Waals surface area contributed by atoms with Crippen LogP contribution < -0.4 is 5.32 Å². The van der Waals surface area contributed by atoms with E-state index in [1.165, 1.54) is 6.07 Å². The number of carbonyl (C=O) groups is 1. The molecule has 1 heterocycles. The second kappa shape index (κ2) is 9.60. The van der Waals surface area contributed by atoms with E-state index < -0.39 is 0 Å². The fraction of sp³-hybridized carbons (Fsp3) is 0.250. The molecule has 1 aromatic heterocycles. The first-order valence-electron chi connectivity index (χ1n) is 6.86. The fourth-order valence-electron chi connectivity index (χ4n) is 2.04. The number of carbonyl (C=O) groups excluding carboxylic acids is 1. The van der Waals surface area contributed by atoms with Crippen molar-refractivity contribution in [3.63, 3.8) is 0 Å². The minimum Gasteiger partial charge on any atom is -0.331 e. The van der Waals surface area contributed by atoms with Crippen molar-refractivity contribution in [2.75, 3.05) is 13.6 Å². The molecule has 0 aliphatic carbocycles. The molecule has 0 aliphatic heterocycles. The van der Waals surface area contributed by atoms with Crippen LogP contribution in [0.25, 0.3) is 0 Å². The average Bonchev–Trinajstić information content (AvgIpc) is 2.50. The van der Waals surface area contributed by atoms with Gasteiger partial charge in [-0.2, -0.15) is 0 Å². The van der Waals surface area contributed by atoms with Crippen molar-refractivity contribution in [3.8, 4) is 0 Å². The number of halogens is 3. The van der Waals surface area contributed by atoms with Crippen LogP contribution in [0.1, 0.15) is 11.3 Å². The number of nitrogens with zero attached hydrogens (tertiary/aromatic N) is 2. The lowest BCUT2D eigenvalue weighted by Gasteiger charge is -2.23. The summed E-state index contributed by atoms with van der Waals surface area (Å²) in [6.45, 7) is 0.748. The minimum absolute atomic E-state index is 0. The van der Waals surface area contributed by atoms with E-state index in [0.29, 0.717) is 16.6 Å². The lowest BCUT2D eigenvalue weighted by Crippen LogP contribution is -2.36. The van der Waals surface area contributed by atoms with Crippen LogP contribution in [0.5, 0.6) is 0 Å². The van der Waals surface area contributed by atoms with E-state index in [9.17, 15) is 9.18 Å². The Labute approximate surface area is 149 Å². The zero-order valence-electron chi connectivity index (χ0n) is 12.6. The Morgan fingerprint density at radius 2 is 2.09 bits per heavy atom. The Bertz CT molecular complexity index is 642. The highest BCUT2D eigenvalue weighted by Gasteiger charge is 2.16. The predicted octanol–water partition coefficient (Wildman–Crippen LogP) is 3.15. The first-order valence-corrected chi connectivity index (χ1v) is 7.65. The van der Waals surface area contributed by atoms with E-state index in [2.05, 4.69) is 26.2 Å². The van der Waals surface area contributed by atoms with Crippen molar-refractivity contribution in [1.29, 1.82) is 0 Å². The van der Waals surface area contributed by atoms with Gasteiger partial charge in [-0.15, -0.1) is 12.4 Å². The number of hydrogen-bond acceptors (Lipinski definition) is 3. The maximum Gasteiger partial charge on any atom is 0.237 e. The largest absolute Gasteiger partial charge is 0.331 e. The summed E-state index contributed by atoms with van der Waals surface area (Å²) in [7, 11) is 1.71. The van der Waals surface area contributed by atoms with Crippen LogP contribution in [-0.2, 0) is 17.9 Å². The number of nitrogens with one attached hydrogen (secondary N) is 1. The highest BCUT2D eigenvalue weighted by atomic mass is 79.9. The summed E-state index contributed by atoms with van der Waals surface area (Å²) in [4.78, 5) is 18.0. The van der Waals surface area contributed by atoms with E-state index in [4.69, 9.17) is 0 Å². The summed E-state index contributed by atoms with van der Waals surface area (Å²) in [5.41, 5.74) is 1.24. The molecule has 0 fully saturated rings. The van der Waals surface area contributed by atoms with Crippen molar-refractivity contribution in [2.24, 2.45) is 0 Å². The van der Waals surface area contributed by atoms with Crippen molar-refractivity contribution >= 4 is 34.2 Å². The van der Waals surface area contributed by atoms with E-state index in [1.807, 2.05) is 18.2 Å². The molecule has 23 heavy (non-hydrogen) atoms. The SMILES string of the molecule is CNCC(=O)N(Cc1ccccn1)Cc1ccc(Br)cc1F.Cl. The Balaban J connectivity index is 0.00000264. The molecule has 4 nitrogen and oxygen atoms in total. The summed E-state index contributed by atoms with van der Waals surface area (Å²) in [6.07, 6.45) is 1.68. The molecule has 7 heteroatoms. The third-order valence-electron chi connectivity index (χ3n) is 3.14. The Hall–Kier alpha value is -1.50. The van der Waals surface area contributed by atoms with Crippen LogP contribution in [0.2, 0.25) is 0 Å². The standard InChI is InChI=1S/C16H17BrFN3O.ClH/c1-19-9-16(22)21(11-14-4-2-3-7-20-14)10-12-5-6-13(17)8-15(12)18;/h2-8,19H,9-11H2,1H3;1H. The van der Waals surface area contributed by atoms with Crippen molar-refractivity contribution in [3.05, 3.63) is 64.1 Å². The first kappa shape index (κ1) is 19.5. The molecule has 0 saturated heterocycles. The number of pyridine rings is 1. The molecule has 0 aliphatic rings. The third kappa shape index (κ3) is 5.89. The van der Waals surface area contributed by atoms with Crippen LogP contribution in [0, 0.1) is 5.82 Å². The van der Waals surface area contributed by atoms with Crippen LogP contribution in [0.3, 0.4) is 0 Å². The molecule has 2 rings (SSSR count). The number of aromatic nitrogens is 1. The van der Waals surface area contributed by atoms with Crippen molar-refractivity contribution in [1.82, 2.24) is 15.2 Å². The molecule has 1 N–H and O–H groups in total. The number of benzene rings is 1. The van der Waals surface area contributed by atoms with Crippen LogP contribution in [-0.4, -0.2) is 29.4 Å². The van der Waals surface area contributed by atoms with Crippen LogP contribution in [0.4, 0.5) is 4.39 Å². The molecule has 0 saturated carbocycles. The van der Waals surface area contributed by atoms with Gasteiger partial charge in [0.05, 0.1) is 18.8 Å². The molecule has 2 aromatic rings. The van der Waals surface area contributed by atoms with Gasteiger partial charge in [0.1, 0.15) is 5.82 Å². The summed E-state index contributed by atoms with van der Waals surface area (Å²) >= 11 is 3.23. The first-order chi connectivity index (χ1) is 10.6. The Kier molecular flexibility index (Phi) is 8.16. The molecule has 0 radical (unpaired) electrons. The predicted molar refractivity (Wildman–Crippen MR) is 93.8 cm³/mol. The molecule has 0 bridgehead atoms. The fourth-order valence-corrected chi connectivity index (χ4v) is 2.37. The molecule has 124 valence electrons. The molecule has 1 amide bonds. The summed E-state index contributed by atoms with van der Waals surface area (Å²) < 4.78 is 14.7. The zero-order valence-corrected chi connectivity index (χ0v) is 15.0. The number of amides is 1. The van der Waals surface area contributed by atoms with E-state index in [-0.39, 0.29) is 37.2 Å². The monoisotopic (exact) mass is 401 g/mol. The zero-order chi connectivity index (χ0) is 15.9. The normalized spacial score (nSPS) is 10.0. The molecule has 0 unspecified atom stereocenters. The molecular formula is C16H18BrClFN3O. The number of rotatable bonds is 6. The van der Waals surface area contributed by atoms with Gasteiger partial charge in [0.15, 0.2) is 0 Å². The van der Waals surface area contributed by atoms with Gasteiger partial charge in [-0.1, -0.05) is 28.1 Å². The molecular weight excluding hydrogens is 385 g/mol. The van der Waals surface area contributed by atoms with E-state index in [1.54, 1.807) is 30.3 Å². The van der Waals surface area contributed by atoms with Gasteiger partial charge >= 0.3 is 0 Å². The quantitative estimate of drug-likeness (QED) is 0.807. The molecule has 0 atom stereocenters. The van der Waals surface area contributed by atoms with Gasteiger partial charge in [-0.25, -0.2) is 4.39 Å². The number of hydrogen-bond donors (Lipinski definition) is 1. The van der Waals surface area contributed by atoms with Crippen LogP contribution in [0.15, 0.2) is 47.1 Å². The second-order valence-corrected chi connectivity index (χ2v) is 5.75. The molecule has 1 aromatic carbocycles. The summed E-state index contributed by atoms with van der Waals surface area (Å²) in [6, 6.07) is 10.4. The van der Waals surface area contributed by atoms with Crippen LogP contribution >= 0.6 is 28.3 Å². The third-order valence-corrected chi connectivity index (χ3v) is 3.63. The van der Waals surface area contributed by atoms with Crippen molar-refractivity contribution in [2.45, 2.75) is 13.1 Å². The minimum atomic E-state index is -0.336. The smallest absolute Gasteiger partial charge is 0.237 e. The lowest BCUT2D eigenvalue weighted by molar-refractivity contribution is -0.131. The van der Waals surface area contributed by atoms with E-state index in [0.717, 1.165) is 5.69 Å². The lowest BCUT2D eigenvalue weighted by atomic mass is 10.2. The average molecular weight is 403 g/mol. The molecule has 0 spiro atoms. The Morgan fingerprint density at radius 1 is 1.30 bits per heavy atom. The van der Waals surface area contributed by atoms with Gasteiger partial charge in [-0.05, 0) is 31.3 Å². The van der Waals surface area contributed by atoms with Crippen molar-refractivity contribution < 1.29 is 9.18 Å². The maximum atomic E-state index is 14.0. The van der Waals surface area contributed by atoms with Gasteiger partial charge < -0.3 is 10.2 Å². The van der Waals surface area contributed by atoms with Gasteiger partial charge in [0.25, 0.3) is 0 Å². The second-order valence-electron chi connectivity index (χ2n) is 4.84. The van der Waals surface area contributed by atoms with E-state index >= 15 is 0 Å².